The molecular weight excluding hydrogens is 516 g/mol. The monoisotopic (exact) mass is 539 g/mol. The van der Waals surface area contributed by atoms with Crippen LogP contribution in [0.15, 0.2) is 48.8 Å². The van der Waals surface area contributed by atoms with Gasteiger partial charge in [0.15, 0.2) is 6.29 Å². The first-order valence-electron chi connectivity index (χ1n) is 7.34. The minimum atomic E-state index is 0. The molecule has 1 aliphatic rings. The smallest absolute Gasteiger partial charge is 0.168 e. The van der Waals surface area contributed by atoms with E-state index in [1.807, 2.05) is 25.1 Å². The molecule has 1 saturated heterocycles. The van der Waals surface area contributed by atoms with Crippen molar-refractivity contribution in [1.29, 1.82) is 0 Å². The van der Waals surface area contributed by atoms with Crippen LogP contribution >= 0.6 is 0 Å². The molecule has 2 N–H and O–H groups in total. The van der Waals surface area contributed by atoms with E-state index >= 15 is 0 Å². The molecule has 1 unspecified atom stereocenters. The molecule has 23 heavy (non-hydrogen) atoms. The second kappa shape index (κ2) is 14.5. The van der Waals surface area contributed by atoms with Gasteiger partial charge >= 0.3 is 0 Å². The molecule has 122 valence electrons. The SMILES string of the molecule is C1CCOC1.CC(N)c1ccccn1.O=Cc1ccccn1.[U]. The number of ether oxygens (including phenoxy) is 1. The Hall–Kier alpha value is -1.06. The Balaban J connectivity index is 0.000000320. The van der Waals surface area contributed by atoms with Crippen LogP contribution in [0.1, 0.15) is 42.0 Å². The number of aromatic nitrogens is 2. The van der Waals surface area contributed by atoms with Crippen molar-refractivity contribution >= 4 is 6.29 Å². The van der Waals surface area contributed by atoms with Crippen molar-refractivity contribution in [3.05, 3.63) is 60.2 Å². The summed E-state index contributed by atoms with van der Waals surface area (Å²) >= 11 is 0. The molecule has 3 heterocycles. The Labute approximate surface area is 161 Å². The number of hydrogen-bond acceptors (Lipinski definition) is 5. The number of nitrogens with zero attached hydrogens (tertiary/aromatic N) is 2. The maximum Gasteiger partial charge on any atom is 0.168 e. The standard InChI is InChI=1S/C7H10N2.C6H5NO.C4H8O.U/c1-6(8)7-4-2-3-5-9-7;8-5-6-3-1-2-4-7-6;1-2-4-5-3-1;/h2-6H,8H2,1H3;1-5H;1-4H2;. The van der Waals surface area contributed by atoms with E-state index in [1.165, 1.54) is 12.8 Å². The van der Waals surface area contributed by atoms with Gasteiger partial charge in [-0.15, -0.1) is 0 Å². The van der Waals surface area contributed by atoms with Crippen LogP contribution in [0.25, 0.3) is 0 Å². The summed E-state index contributed by atoms with van der Waals surface area (Å²) in [6, 6.07) is 11.0. The molecule has 0 aliphatic carbocycles. The van der Waals surface area contributed by atoms with Crippen molar-refractivity contribution in [1.82, 2.24) is 9.97 Å². The minimum Gasteiger partial charge on any atom is -0.381 e. The third-order valence-electron chi connectivity index (χ3n) is 2.79. The molecular formula is C17H23N3O2U. The average Bonchev–Trinajstić information content (AvgIpc) is 3.17. The Morgan fingerprint density at radius 1 is 1.09 bits per heavy atom. The van der Waals surface area contributed by atoms with Crippen LogP contribution in [0.3, 0.4) is 0 Å². The maximum atomic E-state index is 9.94. The summed E-state index contributed by atoms with van der Waals surface area (Å²) in [5.74, 6) is 0. The Morgan fingerprint density at radius 2 is 1.70 bits per heavy atom. The molecule has 0 bridgehead atoms. The van der Waals surface area contributed by atoms with E-state index in [9.17, 15) is 4.79 Å². The van der Waals surface area contributed by atoms with Crippen molar-refractivity contribution in [2.24, 2.45) is 5.73 Å². The molecule has 0 radical (unpaired) electrons. The van der Waals surface area contributed by atoms with Gasteiger partial charge in [-0.2, -0.15) is 0 Å². The summed E-state index contributed by atoms with van der Waals surface area (Å²) in [5, 5.41) is 0. The molecule has 3 rings (SSSR count). The normalized spacial score (nSPS) is 13.3. The molecule has 1 atom stereocenters. The summed E-state index contributed by atoms with van der Waals surface area (Å²) in [4.78, 5) is 17.7. The van der Waals surface area contributed by atoms with Gasteiger partial charge in [0.2, 0.25) is 0 Å². The molecule has 2 aromatic rings. The Bertz CT molecular complexity index is 498. The molecule has 6 heteroatoms. The van der Waals surface area contributed by atoms with Crippen LogP contribution < -0.4 is 5.73 Å². The third-order valence-corrected chi connectivity index (χ3v) is 2.79. The van der Waals surface area contributed by atoms with Crippen LogP contribution in [-0.2, 0) is 4.74 Å². The van der Waals surface area contributed by atoms with Gasteiger partial charge in [-0.1, -0.05) is 12.1 Å². The van der Waals surface area contributed by atoms with E-state index < -0.39 is 0 Å². The first kappa shape index (κ1) is 21.9. The quantitative estimate of drug-likeness (QED) is 0.595. The van der Waals surface area contributed by atoms with Gasteiger partial charge in [0.1, 0.15) is 5.69 Å². The van der Waals surface area contributed by atoms with Gasteiger partial charge in [0.05, 0.1) is 5.69 Å². The van der Waals surface area contributed by atoms with Gasteiger partial charge in [-0.3, -0.25) is 14.8 Å². The molecule has 1 aliphatic heterocycles. The van der Waals surface area contributed by atoms with Gasteiger partial charge < -0.3 is 10.5 Å². The number of pyridine rings is 2. The fourth-order valence-corrected chi connectivity index (χ4v) is 1.60. The van der Waals surface area contributed by atoms with Crippen LogP contribution in [0.5, 0.6) is 0 Å². The van der Waals surface area contributed by atoms with E-state index in [1.54, 1.807) is 30.6 Å². The van der Waals surface area contributed by atoms with E-state index in [2.05, 4.69) is 9.97 Å². The zero-order valence-corrected chi connectivity index (χ0v) is 17.6. The van der Waals surface area contributed by atoms with Crippen molar-refractivity contribution in [3.63, 3.8) is 0 Å². The third kappa shape index (κ3) is 11.2. The molecule has 1 fully saturated rings. The maximum absolute atomic E-state index is 9.94. The van der Waals surface area contributed by atoms with Crippen molar-refractivity contribution < 1.29 is 40.6 Å². The van der Waals surface area contributed by atoms with Gasteiger partial charge in [-0.05, 0) is 44.0 Å². The molecule has 2 aromatic heterocycles. The zero-order valence-electron chi connectivity index (χ0n) is 13.4. The molecule has 0 spiro atoms. The predicted octanol–water partition coefficient (Wildman–Crippen LogP) is 2.79. The number of rotatable bonds is 2. The van der Waals surface area contributed by atoms with E-state index in [0.29, 0.717) is 5.69 Å². The fourth-order valence-electron chi connectivity index (χ4n) is 1.60. The summed E-state index contributed by atoms with van der Waals surface area (Å²) in [5.41, 5.74) is 6.97. The first-order valence-corrected chi connectivity index (χ1v) is 7.34. The molecule has 0 aromatic carbocycles. The van der Waals surface area contributed by atoms with Gasteiger partial charge in [0, 0.05) is 62.8 Å². The number of aldehydes is 1. The van der Waals surface area contributed by atoms with Crippen LogP contribution in [0.4, 0.5) is 0 Å². The number of carbonyl (C=O) groups excluding carboxylic acids is 1. The van der Waals surface area contributed by atoms with E-state index in [4.69, 9.17) is 10.5 Å². The topological polar surface area (TPSA) is 78.1 Å². The van der Waals surface area contributed by atoms with Crippen molar-refractivity contribution in [2.75, 3.05) is 13.2 Å². The molecule has 5 nitrogen and oxygen atoms in total. The van der Waals surface area contributed by atoms with Crippen molar-refractivity contribution in [3.8, 4) is 0 Å². The molecule has 0 amide bonds. The van der Waals surface area contributed by atoms with Crippen LogP contribution in [-0.4, -0.2) is 29.5 Å². The second-order valence-corrected chi connectivity index (χ2v) is 4.74. The fraction of sp³-hybridized carbons (Fsp3) is 0.353. The predicted molar refractivity (Wildman–Crippen MR) is 86.5 cm³/mol. The average molecular weight is 539 g/mol. The van der Waals surface area contributed by atoms with Gasteiger partial charge in [0.25, 0.3) is 0 Å². The van der Waals surface area contributed by atoms with Gasteiger partial charge in [-0.25, -0.2) is 0 Å². The number of hydrogen-bond donors (Lipinski definition) is 1. The second-order valence-electron chi connectivity index (χ2n) is 4.74. The van der Waals surface area contributed by atoms with E-state index in [0.717, 1.165) is 25.2 Å². The summed E-state index contributed by atoms with van der Waals surface area (Å²) < 4.78 is 4.94. The summed E-state index contributed by atoms with van der Waals surface area (Å²) in [7, 11) is 0. The summed E-state index contributed by atoms with van der Waals surface area (Å²) in [6.07, 6.45) is 6.61. The Kier molecular flexibility index (Phi) is 13.9. The van der Waals surface area contributed by atoms with Crippen LogP contribution in [0, 0.1) is 31.1 Å². The number of carbonyl (C=O) groups is 1. The molecule has 0 saturated carbocycles. The Morgan fingerprint density at radius 3 is 1.96 bits per heavy atom. The zero-order chi connectivity index (χ0) is 16.0. The largest absolute Gasteiger partial charge is 0.381 e. The van der Waals surface area contributed by atoms with Crippen LogP contribution in [0.2, 0.25) is 0 Å². The number of nitrogens with two attached hydrogens (primary N) is 1. The van der Waals surface area contributed by atoms with E-state index in [-0.39, 0.29) is 37.2 Å². The first-order chi connectivity index (χ1) is 10.7. The van der Waals surface area contributed by atoms with Crippen molar-refractivity contribution in [2.45, 2.75) is 25.8 Å². The minimum absolute atomic E-state index is 0. The summed E-state index contributed by atoms with van der Waals surface area (Å²) in [6.45, 7) is 3.92.